The molecule has 2 aromatic rings. The molecule has 0 bridgehead atoms. The van der Waals surface area contributed by atoms with E-state index in [2.05, 4.69) is 35.3 Å². The van der Waals surface area contributed by atoms with Crippen molar-refractivity contribution in [3.63, 3.8) is 0 Å². The van der Waals surface area contributed by atoms with Crippen LogP contribution in [0.15, 0.2) is 18.5 Å². The fraction of sp³-hybridized carbons (Fsp3) is 0.571. The van der Waals surface area contributed by atoms with Crippen LogP contribution in [-0.2, 0) is 13.5 Å². The molecule has 1 atom stereocenters. The van der Waals surface area contributed by atoms with Crippen LogP contribution in [0.3, 0.4) is 0 Å². The van der Waals surface area contributed by atoms with Crippen LogP contribution in [0.1, 0.15) is 33.0 Å². The van der Waals surface area contributed by atoms with Crippen LogP contribution in [0.5, 0.6) is 0 Å². The van der Waals surface area contributed by atoms with E-state index in [-0.39, 0.29) is 11.5 Å². The van der Waals surface area contributed by atoms with Gasteiger partial charge in [-0.15, -0.1) is 0 Å². The molecule has 2 aromatic heterocycles. The van der Waals surface area contributed by atoms with Gasteiger partial charge in [-0.2, -0.15) is 0 Å². The molecule has 2 N–H and O–H groups in total. The van der Waals surface area contributed by atoms with E-state index in [4.69, 9.17) is 5.73 Å². The molecule has 18 heavy (non-hydrogen) atoms. The van der Waals surface area contributed by atoms with Crippen LogP contribution >= 0.6 is 0 Å². The summed E-state index contributed by atoms with van der Waals surface area (Å²) in [6, 6.07) is 2.13. The topological polar surface area (TPSA) is 56.7 Å². The highest BCUT2D eigenvalue weighted by Gasteiger charge is 2.18. The number of imidazole rings is 1. The number of pyridine rings is 1. The standard InChI is InChI=1S/C14H22N4/c1-14(2,3)8-10(15)7-13-17-11-9-16-6-5-12(11)18(13)4/h5-6,9-10H,7-8,15H2,1-4H3. The predicted octanol–water partition coefficient (Wildman–Crippen LogP) is 2.27. The summed E-state index contributed by atoms with van der Waals surface area (Å²) in [5.74, 6) is 1.04. The summed E-state index contributed by atoms with van der Waals surface area (Å²) in [6.45, 7) is 6.64. The van der Waals surface area contributed by atoms with Crippen molar-refractivity contribution < 1.29 is 0 Å². The second-order valence-corrected chi connectivity index (χ2v) is 6.18. The minimum atomic E-state index is 0.147. The van der Waals surface area contributed by atoms with Crippen LogP contribution in [0.2, 0.25) is 0 Å². The highest BCUT2D eigenvalue weighted by Crippen LogP contribution is 2.22. The normalized spacial score (nSPS) is 14.1. The molecular weight excluding hydrogens is 224 g/mol. The van der Waals surface area contributed by atoms with Gasteiger partial charge in [0.15, 0.2) is 0 Å². The van der Waals surface area contributed by atoms with E-state index < -0.39 is 0 Å². The highest BCUT2D eigenvalue weighted by atomic mass is 15.1. The van der Waals surface area contributed by atoms with Crippen LogP contribution in [0, 0.1) is 5.41 Å². The van der Waals surface area contributed by atoms with Crippen molar-refractivity contribution in [3.8, 4) is 0 Å². The first-order chi connectivity index (χ1) is 8.37. The van der Waals surface area contributed by atoms with Crippen molar-refractivity contribution in [2.45, 2.75) is 39.7 Å². The Morgan fingerprint density at radius 1 is 1.39 bits per heavy atom. The molecule has 0 aliphatic heterocycles. The predicted molar refractivity (Wildman–Crippen MR) is 74.3 cm³/mol. The van der Waals surface area contributed by atoms with Crippen molar-refractivity contribution in [1.82, 2.24) is 14.5 Å². The van der Waals surface area contributed by atoms with Gasteiger partial charge in [-0.05, 0) is 17.9 Å². The van der Waals surface area contributed by atoms with E-state index >= 15 is 0 Å². The van der Waals surface area contributed by atoms with Crippen LogP contribution < -0.4 is 5.73 Å². The Morgan fingerprint density at radius 2 is 2.11 bits per heavy atom. The zero-order chi connectivity index (χ0) is 13.3. The number of hydrogen-bond acceptors (Lipinski definition) is 3. The van der Waals surface area contributed by atoms with Gasteiger partial charge in [0.2, 0.25) is 0 Å². The van der Waals surface area contributed by atoms with Crippen LogP contribution in [-0.4, -0.2) is 20.6 Å². The molecule has 0 saturated carbocycles. The van der Waals surface area contributed by atoms with E-state index in [1.54, 1.807) is 12.4 Å². The van der Waals surface area contributed by atoms with Crippen molar-refractivity contribution in [2.75, 3.05) is 0 Å². The van der Waals surface area contributed by atoms with Crippen molar-refractivity contribution >= 4 is 11.0 Å². The summed E-state index contributed by atoms with van der Waals surface area (Å²) in [5.41, 5.74) is 8.53. The number of rotatable bonds is 3. The lowest BCUT2D eigenvalue weighted by atomic mass is 9.87. The van der Waals surface area contributed by atoms with E-state index in [1.165, 1.54) is 0 Å². The molecule has 4 nitrogen and oxygen atoms in total. The summed E-state index contributed by atoms with van der Waals surface area (Å²) < 4.78 is 2.11. The highest BCUT2D eigenvalue weighted by molar-refractivity contribution is 5.74. The number of nitrogens with zero attached hydrogens (tertiary/aromatic N) is 3. The minimum Gasteiger partial charge on any atom is -0.331 e. The fourth-order valence-corrected chi connectivity index (χ4v) is 2.38. The zero-order valence-electron chi connectivity index (χ0n) is 11.6. The average molecular weight is 246 g/mol. The quantitative estimate of drug-likeness (QED) is 0.904. The Morgan fingerprint density at radius 3 is 2.72 bits per heavy atom. The Bertz CT molecular complexity index is 536. The number of aromatic nitrogens is 3. The van der Waals surface area contributed by atoms with Crippen molar-refractivity contribution in [2.24, 2.45) is 18.2 Å². The first-order valence-electron chi connectivity index (χ1n) is 6.38. The smallest absolute Gasteiger partial charge is 0.111 e. The number of fused-ring (bicyclic) bond motifs is 1. The molecule has 0 fully saturated rings. The lowest BCUT2D eigenvalue weighted by Gasteiger charge is -2.22. The minimum absolute atomic E-state index is 0.147. The molecule has 2 heterocycles. The van der Waals surface area contributed by atoms with E-state index in [9.17, 15) is 0 Å². The summed E-state index contributed by atoms with van der Waals surface area (Å²) in [7, 11) is 2.04. The van der Waals surface area contributed by atoms with Gasteiger partial charge in [-0.25, -0.2) is 4.98 Å². The lowest BCUT2D eigenvalue weighted by Crippen LogP contribution is -2.29. The molecule has 4 heteroatoms. The van der Waals surface area contributed by atoms with Crippen LogP contribution in [0.25, 0.3) is 11.0 Å². The molecule has 0 aromatic carbocycles. The summed E-state index contributed by atoms with van der Waals surface area (Å²) in [6.07, 6.45) is 5.40. The van der Waals surface area contributed by atoms with Crippen molar-refractivity contribution in [3.05, 3.63) is 24.3 Å². The molecule has 0 aliphatic carbocycles. The molecule has 0 radical (unpaired) electrons. The monoisotopic (exact) mass is 246 g/mol. The zero-order valence-corrected chi connectivity index (χ0v) is 11.6. The summed E-state index contributed by atoms with van der Waals surface area (Å²) in [5, 5.41) is 0. The Balaban J connectivity index is 2.19. The Labute approximate surface area is 108 Å². The van der Waals surface area contributed by atoms with E-state index in [1.807, 2.05) is 13.1 Å². The molecule has 0 aliphatic rings. The maximum Gasteiger partial charge on any atom is 0.111 e. The number of aryl methyl sites for hydroxylation is 1. The first-order valence-corrected chi connectivity index (χ1v) is 6.38. The van der Waals surface area contributed by atoms with Gasteiger partial charge in [0, 0.05) is 25.7 Å². The summed E-state index contributed by atoms with van der Waals surface area (Å²) >= 11 is 0. The Hall–Kier alpha value is -1.42. The lowest BCUT2D eigenvalue weighted by molar-refractivity contribution is 0.335. The van der Waals surface area contributed by atoms with E-state index in [0.29, 0.717) is 0 Å². The maximum atomic E-state index is 6.21. The molecule has 98 valence electrons. The molecule has 0 spiro atoms. The summed E-state index contributed by atoms with van der Waals surface area (Å²) in [4.78, 5) is 8.70. The van der Waals surface area contributed by atoms with Gasteiger partial charge in [0.05, 0.1) is 11.7 Å². The fourth-order valence-electron chi connectivity index (χ4n) is 2.38. The van der Waals surface area contributed by atoms with Gasteiger partial charge in [-0.1, -0.05) is 20.8 Å². The molecule has 2 rings (SSSR count). The Kier molecular flexibility index (Phi) is 3.39. The second kappa shape index (κ2) is 4.69. The first kappa shape index (κ1) is 13.0. The average Bonchev–Trinajstić information content (AvgIpc) is 2.54. The third-order valence-corrected chi connectivity index (χ3v) is 3.10. The number of nitrogens with two attached hydrogens (primary N) is 1. The number of hydrogen-bond donors (Lipinski definition) is 1. The van der Waals surface area contributed by atoms with Gasteiger partial charge in [0.25, 0.3) is 0 Å². The molecule has 1 unspecified atom stereocenters. The van der Waals surface area contributed by atoms with Gasteiger partial charge in [0.1, 0.15) is 11.3 Å². The molecular formula is C14H22N4. The molecule has 0 amide bonds. The molecule has 0 saturated heterocycles. The largest absolute Gasteiger partial charge is 0.331 e. The SMILES string of the molecule is Cn1c(CC(N)CC(C)(C)C)nc2cnccc21. The van der Waals surface area contributed by atoms with Gasteiger partial charge < -0.3 is 10.3 Å². The third-order valence-electron chi connectivity index (χ3n) is 3.10. The van der Waals surface area contributed by atoms with Gasteiger partial charge in [-0.3, -0.25) is 4.98 Å². The van der Waals surface area contributed by atoms with Gasteiger partial charge >= 0.3 is 0 Å². The van der Waals surface area contributed by atoms with Crippen molar-refractivity contribution in [1.29, 1.82) is 0 Å². The van der Waals surface area contributed by atoms with Crippen LogP contribution in [0.4, 0.5) is 0 Å². The maximum absolute atomic E-state index is 6.21. The third kappa shape index (κ3) is 2.88. The van der Waals surface area contributed by atoms with E-state index in [0.717, 1.165) is 29.7 Å². The second-order valence-electron chi connectivity index (χ2n) is 6.18.